The number of hydrogen-bond donors (Lipinski definition) is 1. The number of nitriles is 1. The van der Waals surface area contributed by atoms with Crippen LogP contribution >= 0.6 is 0 Å². The maximum absolute atomic E-state index is 9.34. The molecule has 9 nitrogen and oxygen atoms in total. The van der Waals surface area contributed by atoms with Gasteiger partial charge in [-0.15, -0.1) is 0 Å². The Hall–Kier alpha value is -4.26. The molecule has 3 aromatic heterocycles. The number of likely N-dealkylation sites (tertiary alicyclic amines) is 1. The molecule has 1 atom stereocenters. The molecule has 0 saturated carbocycles. The van der Waals surface area contributed by atoms with Crippen molar-refractivity contribution in [1.82, 2.24) is 29.0 Å². The number of fused-ring (bicyclic) bond motifs is 2. The van der Waals surface area contributed by atoms with E-state index >= 15 is 0 Å². The Labute approximate surface area is 220 Å². The minimum absolute atomic E-state index is 0.172. The lowest BCUT2D eigenvalue weighted by atomic mass is 9.98. The largest absolute Gasteiger partial charge is 0.464 e. The molecule has 0 spiro atoms. The zero-order valence-corrected chi connectivity index (χ0v) is 21.3. The summed E-state index contributed by atoms with van der Waals surface area (Å²) < 4.78 is 10.1. The zero-order chi connectivity index (χ0) is 26.1. The van der Waals surface area contributed by atoms with E-state index in [0.29, 0.717) is 30.6 Å². The molecule has 0 amide bonds. The molecule has 1 saturated heterocycles. The topological polar surface area (TPSA) is 104 Å². The summed E-state index contributed by atoms with van der Waals surface area (Å²) in [6.07, 6.45) is 7.68. The van der Waals surface area contributed by atoms with Gasteiger partial charge in [0.25, 0.3) is 0 Å². The van der Waals surface area contributed by atoms with Gasteiger partial charge in [-0.3, -0.25) is 9.08 Å². The molecule has 1 aliphatic rings. The number of aryl methyl sites for hydroxylation is 1. The van der Waals surface area contributed by atoms with E-state index in [1.54, 1.807) is 18.3 Å². The Bertz CT molecular complexity index is 1630. The Kier molecular flexibility index (Phi) is 6.50. The quantitative estimate of drug-likeness (QED) is 0.356. The van der Waals surface area contributed by atoms with Crippen LogP contribution in [0.3, 0.4) is 0 Å². The maximum atomic E-state index is 9.34. The molecule has 2 aromatic carbocycles. The predicted molar refractivity (Wildman–Crippen MR) is 145 cm³/mol. The number of aliphatic hydroxyl groups excluding tert-OH is 1. The molecule has 0 radical (unpaired) electrons. The third kappa shape index (κ3) is 4.49. The first kappa shape index (κ1) is 24.1. The van der Waals surface area contributed by atoms with Crippen LogP contribution in [0.4, 0.5) is 0 Å². The number of rotatable bonds is 7. The normalized spacial score (nSPS) is 16.2. The predicted octanol–water partition coefficient (Wildman–Crippen LogP) is 3.90. The van der Waals surface area contributed by atoms with Crippen molar-refractivity contribution in [1.29, 1.82) is 5.26 Å². The van der Waals surface area contributed by atoms with Crippen molar-refractivity contribution < 1.29 is 9.84 Å². The number of nitrogens with zero attached hydrogens (tertiary/aromatic N) is 7. The van der Waals surface area contributed by atoms with E-state index < -0.39 is 0 Å². The number of hydrogen-bond acceptors (Lipinski definition) is 7. The summed E-state index contributed by atoms with van der Waals surface area (Å²) in [6, 6.07) is 16.4. The first-order chi connectivity index (χ1) is 18.6. The summed E-state index contributed by atoms with van der Waals surface area (Å²) in [5, 5.41) is 24.1. The summed E-state index contributed by atoms with van der Waals surface area (Å²) in [5.74, 6) is 0.363. The van der Waals surface area contributed by atoms with Gasteiger partial charge in [0.15, 0.2) is 5.65 Å². The maximum Gasteiger partial charge on any atom is 0.302 e. The van der Waals surface area contributed by atoms with E-state index in [1.165, 1.54) is 0 Å². The molecule has 4 heterocycles. The monoisotopic (exact) mass is 507 g/mol. The van der Waals surface area contributed by atoms with Crippen LogP contribution in [0.25, 0.3) is 38.9 Å². The van der Waals surface area contributed by atoms with E-state index in [-0.39, 0.29) is 6.61 Å². The second-order valence-corrected chi connectivity index (χ2v) is 9.81. The SMILES string of the molecule is Cn1ncc2cc(-c3c(-c4ccc(C#N)cc4)nc(OC[C@@H]4CCCN(CCO)C4)n4ccnc34)ccc21. The van der Waals surface area contributed by atoms with Crippen molar-refractivity contribution in [3.63, 3.8) is 0 Å². The standard InChI is InChI=1S/C29H29N7O2/c1-34-25-9-8-23(15-24(25)17-32-34)26-27(22-6-4-20(16-30)5-7-22)33-29(36-12-10-31-28(26)36)38-19-21-3-2-11-35(18-21)13-14-37/h4-10,12,15,17,21,37H,2-3,11,13-14,18-19H2,1H3/t21-/m1/s1. The average Bonchev–Trinajstić information content (AvgIpc) is 3.59. The summed E-state index contributed by atoms with van der Waals surface area (Å²) in [6.45, 7) is 3.32. The van der Waals surface area contributed by atoms with Gasteiger partial charge in [-0.1, -0.05) is 18.2 Å². The van der Waals surface area contributed by atoms with Gasteiger partial charge in [0.2, 0.25) is 0 Å². The molecule has 0 bridgehead atoms. The van der Waals surface area contributed by atoms with Gasteiger partial charge < -0.3 is 14.7 Å². The third-order valence-electron chi connectivity index (χ3n) is 7.30. The number of imidazole rings is 1. The zero-order valence-electron chi connectivity index (χ0n) is 21.3. The minimum Gasteiger partial charge on any atom is -0.464 e. The number of piperidine rings is 1. The Balaban J connectivity index is 1.44. The van der Waals surface area contributed by atoms with E-state index in [9.17, 15) is 10.4 Å². The van der Waals surface area contributed by atoms with Crippen molar-refractivity contribution >= 4 is 16.6 Å². The van der Waals surface area contributed by atoms with Crippen molar-refractivity contribution in [2.75, 3.05) is 32.8 Å². The van der Waals surface area contributed by atoms with Crippen LogP contribution in [0.2, 0.25) is 0 Å². The van der Waals surface area contributed by atoms with Gasteiger partial charge in [-0.2, -0.15) is 15.3 Å². The molecule has 1 aliphatic heterocycles. The first-order valence-electron chi connectivity index (χ1n) is 12.9. The highest BCUT2D eigenvalue weighted by molar-refractivity contribution is 5.94. The highest BCUT2D eigenvalue weighted by atomic mass is 16.5. The van der Waals surface area contributed by atoms with Crippen molar-refractivity contribution in [3.8, 4) is 34.5 Å². The van der Waals surface area contributed by atoms with E-state index in [2.05, 4.69) is 34.3 Å². The van der Waals surface area contributed by atoms with E-state index in [4.69, 9.17) is 14.7 Å². The van der Waals surface area contributed by atoms with Crippen LogP contribution in [0.1, 0.15) is 18.4 Å². The van der Waals surface area contributed by atoms with Gasteiger partial charge in [0.05, 0.1) is 47.8 Å². The van der Waals surface area contributed by atoms with Gasteiger partial charge >= 0.3 is 6.01 Å². The number of aliphatic hydroxyl groups is 1. The molecule has 6 rings (SSSR count). The van der Waals surface area contributed by atoms with Gasteiger partial charge in [-0.25, -0.2) is 4.98 Å². The van der Waals surface area contributed by atoms with Crippen LogP contribution in [0.15, 0.2) is 61.1 Å². The summed E-state index contributed by atoms with van der Waals surface area (Å²) >= 11 is 0. The molecule has 1 N–H and O–H groups in total. The number of aromatic nitrogens is 5. The highest BCUT2D eigenvalue weighted by Crippen LogP contribution is 2.37. The number of benzene rings is 2. The van der Waals surface area contributed by atoms with Crippen LogP contribution in [-0.2, 0) is 7.05 Å². The molecular weight excluding hydrogens is 478 g/mol. The van der Waals surface area contributed by atoms with E-state index in [1.807, 2.05) is 40.7 Å². The van der Waals surface area contributed by atoms with Gasteiger partial charge in [0, 0.05) is 49.4 Å². The molecule has 0 aliphatic carbocycles. The number of ether oxygens (including phenoxy) is 1. The molecule has 5 aromatic rings. The van der Waals surface area contributed by atoms with Crippen molar-refractivity contribution in [2.45, 2.75) is 12.8 Å². The molecule has 192 valence electrons. The van der Waals surface area contributed by atoms with Crippen LogP contribution in [0, 0.1) is 17.2 Å². The Morgan fingerprint density at radius 2 is 2.00 bits per heavy atom. The lowest BCUT2D eigenvalue weighted by Gasteiger charge is -2.32. The van der Waals surface area contributed by atoms with Gasteiger partial charge in [-0.05, 0) is 49.2 Å². The molecule has 0 unspecified atom stereocenters. The summed E-state index contributed by atoms with van der Waals surface area (Å²) in [4.78, 5) is 12.1. The first-order valence-corrected chi connectivity index (χ1v) is 12.9. The fourth-order valence-corrected chi connectivity index (χ4v) is 5.38. The fraction of sp³-hybridized carbons (Fsp3) is 0.310. The van der Waals surface area contributed by atoms with Crippen LogP contribution < -0.4 is 4.74 Å². The van der Waals surface area contributed by atoms with Crippen LogP contribution in [0.5, 0.6) is 6.01 Å². The summed E-state index contributed by atoms with van der Waals surface area (Å²) in [5.41, 5.74) is 5.89. The molecule has 38 heavy (non-hydrogen) atoms. The van der Waals surface area contributed by atoms with Gasteiger partial charge in [0.1, 0.15) is 0 Å². The Morgan fingerprint density at radius 3 is 2.82 bits per heavy atom. The summed E-state index contributed by atoms with van der Waals surface area (Å²) in [7, 11) is 1.93. The minimum atomic E-state index is 0.172. The third-order valence-corrected chi connectivity index (χ3v) is 7.30. The number of β-amino-alcohol motifs (C(OH)–C–C–N with tert-alkyl or cyclic N) is 1. The molecule has 1 fully saturated rings. The fourth-order valence-electron chi connectivity index (χ4n) is 5.38. The second-order valence-electron chi connectivity index (χ2n) is 9.81. The molecular formula is C29H29N7O2. The second kappa shape index (κ2) is 10.2. The van der Waals surface area contributed by atoms with Crippen molar-refractivity contribution in [2.24, 2.45) is 13.0 Å². The van der Waals surface area contributed by atoms with Crippen molar-refractivity contribution in [3.05, 3.63) is 66.6 Å². The average molecular weight is 508 g/mol. The smallest absolute Gasteiger partial charge is 0.302 e. The highest BCUT2D eigenvalue weighted by Gasteiger charge is 2.23. The van der Waals surface area contributed by atoms with Crippen LogP contribution in [-0.4, -0.2) is 67.0 Å². The molecule has 9 heteroatoms. The Morgan fingerprint density at radius 1 is 1.16 bits per heavy atom. The lowest BCUT2D eigenvalue weighted by molar-refractivity contribution is 0.107. The van der Waals surface area contributed by atoms with E-state index in [0.717, 1.165) is 64.9 Å². The lowest BCUT2D eigenvalue weighted by Crippen LogP contribution is -2.39.